The molecule has 4 rings (SSSR count). The van der Waals surface area contributed by atoms with E-state index in [2.05, 4.69) is 0 Å². The number of nitrogens with zero attached hydrogens (tertiary/aromatic N) is 2. The summed E-state index contributed by atoms with van der Waals surface area (Å²) in [4.78, 5) is 25.6. The molecule has 0 aromatic heterocycles. The summed E-state index contributed by atoms with van der Waals surface area (Å²) in [6.07, 6.45) is -0.960. The van der Waals surface area contributed by atoms with Crippen molar-refractivity contribution in [2.75, 3.05) is 6.61 Å². The number of aliphatic carboxylic acids is 1. The predicted octanol–water partition coefficient (Wildman–Crippen LogP) is 6.24. The number of nitro benzene ring substituents is 1. The van der Waals surface area contributed by atoms with Crippen LogP contribution in [0.3, 0.4) is 0 Å². The van der Waals surface area contributed by atoms with Crippen molar-refractivity contribution in [2.45, 2.75) is 38.3 Å². The van der Waals surface area contributed by atoms with E-state index >= 15 is 0 Å². The fourth-order valence-electron chi connectivity index (χ4n) is 4.58. The summed E-state index contributed by atoms with van der Waals surface area (Å²) in [6, 6.07) is 30.1. The monoisotopic (exact) mass is 558 g/mol. The zero-order valence-corrected chi connectivity index (χ0v) is 22.3. The highest BCUT2D eigenvalue weighted by Gasteiger charge is 2.37. The van der Waals surface area contributed by atoms with Crippen LogP contribution in [0.25, 0.3) is 0 Å². The summed E-state index contributed by atoms with van der Waals surface area (Å²) in [5.74, 6) is -2.17. The Morgan fingerprint density at radius 1 is 0.854 bits per heavy atom. The highest BCUT2D eigenvalue weighted by atomic mass is 19.1. The molecule has 0 bridgehead atoms. The molecule has 9 heteroatoms. The van der Waals surface area contributed by atoms with E-state index in [1.165, 1.54) is 0 Å². The number of carboxylic acid groups (broad SMARTS) is 1. The second-order valence-corrected chi connectivity index (χ2v) is 9.51. The molecule has 0 heterocycles. The molecule has 0 aliphatic heterocycles. The number of carboxylic acids is 1. The summed E-state index contributed by atoms with van der Waals surface area (Å²) in [6.45, 7) is 0.995. The minimum Gasteiger partial charge on any atom is -0.481 e. The number of halogens is 1. The zero-order valence-electron chi connectivity index (χ0n) is 22.3. The van der Waals surface area contributed by atoms with Crippen LogP contribution < -0.4 is 4.74 Å². The number of rotatable bonds is 15. The van der Waals surface area contributed by atoms with E-state index in [0.29, 0.717) is 6.61 Å². The molecule has 4 aromatic rings. The lowest BCUT2D eigenvalue weighted by Gasteiger charge is -2.34. The molecule has 0 fully saturated rings. The maximum absolute atomic E-state index is 13.9. The lowest BCUT2D eigenvalue weighted by Crippen LogP contribution is -2.51. The van der Waals surface area contributed by atoms with Gasteiger partial charge in [0, 0.05) is 19.5 Å². The van der Waals surface area contributed by atoms with Gasteiger partial charge < -0.3 is 14.6 Å². The first-order chi connectivity index (χ1) is 19.9. The highest BCUT2D eigenvalue weighted by Crippen LogP contribution is 2.31. The Morgan fingerprint density at radius 2 is 1.39 bits per heavy atom. The first-order valence-corrected chi connectivity index (χ1v) is 13.2. The summed E-state index contributed by atoms with van der Waals surface area (Å²) < 4.78 is 25.8. The smallest absolute Gasteiger partial charge is 0.324 e. The minimum atomic E-state index is -1.22. The molecule has 0 amide bonds. The van der Waals surface area contributed by atoms with Gasteiger partial charge in [-0.05, 0) is 28.8 Å². The Hall–Kier alpha value is -4.60. The lowest BCUT2D eigenvalue weighted by molar-refractivity contribution is -0.386. The third-order valence-electron chi connectivity index (χ3n) is 6.51. The number of hydrogen-bond donors (Lipinski definition) is 1. The number of carbonyl (C=O) groups is 1. The van der Waals surface area contributed by atoms with Crippen molar-refractivity contribution >= 4 is 11.7 Å². The molecule has 2 atom stereocenters. The molecule has 41 heavy (non-hydrogen) atoms. The molecule has 212 valence electrons. The maximum atomic E-state index is 13.9. The van der Waals surface area contributed by atoms with Crippen LogP contribution in [-0.4, -0.2) is 39.7 Å². The van der Waals surface area contributed by atoms with Crippen LogP contribution in [0.1, 0.15) is 23.1 Å². The van der Waals surface area contributed by atoms with Crippen LogP contribution in [0.4, 0.5) is 10.1 Å². The quantitative estimate of drug-likeness (QED) is 0.105. The third kappa shape index (κ3) is 8.69. The molecule has 0 unspecified atom stereocenters. The molecule has 0 radical (unpaired) electrons. The molecule has 4 aromatic carbocycles. The van der Waals surface area contributed by atoms with Gasteiger partial charge in [-0.1, -0.05) is 91.0 Å². The normalized spacial score (nSPS) is 12.5. The van der Waals surface area contributed by atoms with Gasteiger partial charge in [0.25, 0.3) is 0 Å². The van der Waals surface area contributed by atoms with Gasteiger partial charge in [-0.2, -0.15) is 0 Å². The van der Waals surface area contributed by atoms with Gasteiger partial charge >= 0.3 is 11.7 Å². The van der Waals surface area contributed by atoms with Crippen molar-refractivity contribution in [1.82, 2.24) is 4.90 Å². The molecule has 8 nitrogen and oxygen atoms in total. The molecule has 0 spiro atoms. The first-order valence-electron chi connectivity index (χ1n) is 13.2. The Morgan fingerprint density at radius 3 is 1.90 bits per heavy atom. The van der Waals surface area contributed by atoms with Gasteiger partial charge in [0.15, 0.2) is 5.75 Å². The Bertz CT molecular complexity index is 1360. The fraction of sp³-hybridized carbons (Fsp3) is 0.219. The van der Waals surface area contributed by atoms with Gasteiger partial charge in [0.1, 0.15) is 18.0 Å². The number of hydrogen-bond acceptors (Lipinski definition) is 6. The predicted molar refractivity (Wildman–Crippen MR) is 152 cm³/mol. The van der Waals surface area contributed by atoms with Crippen molar-refractivity contribution in [3.05, 3.63) is 142 Å². The standard InChI is InChI=1S/C32H31FN2O6/c33-27-16-17-29(28(20-27)35(38)39)41-30(18-19-40-23-26-14-8-3-9-15-26)31(32(36)37)34(21-24-10-4-1-5-11-24)22-25-12-6-2-7-13-25/h1-17,20,30-31H,18-19,21-23H2,(H,36,37)/t30-,31+/m0/s1. The van der Waals surface area contributed by atoms with E-state index in [1.54, 1.807) is 4.90 Å². The average molecular weight is 559 g/mol. The molecule has 1 N–H and O–H groups in total. The average Bonchev–Trinajstić information content (AvgIpc) is 2.97. The van der Waals surface area contributed by atoms with Crippen molar-refractivity contribution in [3.8, 4) is 5.75 Å². The number of benzene rings is 4. The van der Waals surface area contributed by atoms with E-state index < -0.39 is 34.5 Å². The molecule has 0 saturated carbocycles. The van der Waals surface area contributed by atoms with Crippen LogP contribution >= 0.6 is 0 Å². The van der Waals surface area contributed by atoms with Crippen LogP contribution in [0.15, 0.2) is 109 Å². The van der Waals surface area contributed by atoms with Crippen LogP contribution in [0.2, 0.25) is 0 Å². The topological polar surface area (TPSA) is 102 Å². The van der Waals surface area contributed by atoms with Gasteiger partial charge in [-0.3, -0.25) is 19.8 Å². The summed E-state index contributed by atoms with van der Waals surface area (Å²) >= 11 is 0. The summed E-state index contributed by atoms with van der Waals surface area (Å²) in [5, 5.41) is 22.2. The number of nitro groups is 1. The van der Waals surface area contributed by atoms with Gasteiger partial charge in [0.05, 0.1) is 24.2 Å². The maximum Gasteiger partial charge on any atom is 0.324 e. The highest BCUT2D eigenvalue weighted by molar-refractivity contribution is 5.74. The van der Waals surface area contributed by atoms with Gasteiger partial charge in [-0.15, -0.1) is 0 Å². The molecule has 0 aliphatic rings. The van der Waals surface area contributed by atoms with Crippen LogP contribution in [-0.2, 0) is 29.2 Å². The zero-order chi connectivity index (χ0) is 29.0. The second kappa shape index (κ2) is 14.7. The van der Waals surface area contributed by atoms with Crippen molar-refractivity contribution in [1.29, 1.82) is 0 Å². The summed E-state index contributed by atoms with van der Waals surface area (Å²) in [5.41, 5.74) is 2.15. The largest absolute Gasteiger partial charge is 0.481 e. The second-order valence-electron chi connectivity index (χ2n) is 9.51. The van der Waals surface area contributed by atoms with E-state index in [4.69, 9.17) is 9.47 Å². The van der Waals surface area contributed by atoms with Gasteiger partial charge in [0.2, 0.25) is 0 Å². The van der Waals surface area contributed by atoms with Crippen LogP contribution in [0.5, 0.6) is 5.75 Å². The Balaban J connectivity index is 1.66. The van der Waals surface area contributed by atoms with Crippen molar-refractivity contribution < 1.29 is 28.7 Å². The Labute approximate surface area is 237 Å². The van der Waals surface area contributed by atoms with Crippen LogP contribution in [0, 0.1) is 15.9 Å². The van der Waals surface area contributed by atoms with Crippen molar-refractivity contribution in [2.24, 2.45) is 0 Å². The molecule has 0 saturated heterocycles. The fourth-order valence-corrected chi connectivity index (χ4v) is 4.58. The summed E-state index contributed by atoms with van der Waals surface area (Å²) in [7, 11) is 0. The molecular formula is C32H31FN2O6. The van der Waals surface area contributed by atoms with E-state index in [0.717, 1.165) is 34.9 Å². The first kappa shape index (κ1) is 29.4. The van der Waals surface area contributed by atoms with Gasteiger partial charge in [-0.25, -0.2) is 4.39 Å². The van der Waals surface area contributed by atoms with E-state index in [-0.39, 0.29) is 31.9 Å². The third-order valence-corrected chi connectivity index (χ3v) is 6.51. The van der Waals surface area contributed by atoms with E-state index in [9.17, 15) is 24.4 Å². The molecular weight excluding hydrogens is 527 g/mol. The minimum absolute atomic E-state index is 0.110. The lowest BCUT2D eigenvalue weighted by atomic mass is 10.0. The SMILES string of the molecule is O=C(O)[C@@H]([C@H](CCOCc1ccccc1)Oc1ccc(F)cc1[N+](=O)[O-])N(Cc1ccccc1)Cc1ccccc1. The Kier molecular flexibility index (Phi) is 10.5. The van der Waals surface area contributed by atoms with E-state index in [1.807, 2.05) is 91.0 Å². The molecule has 0 aliphatic carbocycles. The number of ether oxygens (including phenoxy) is 2. The van der Waals surface area contributed by atoms with Crippen molar-refractivity contribution in [3.63, 3.8) is 0 Å².